The molecule has 0 aromatic heterocycles. The van der Waals surface area contributed by atoms with E-state index in [1.807, 2.05) is 4.90 Å². The van der Waals surface area contributed by atoms with Gasteiger partial charge in [-0.15, -0.1) is 0 Å². The second-order valence-electron chi connectivity index (χ2n) is 6.18. The van der Waals surface area contributed by atoms with Gasteiger partial charge in [-0.05, 0) is 30.9 Å². The Bertz CT molecular complexity index is 671. The molecule has 23 heavy (non-hydrogen) atoms. The summed E-state index contributed by atoms with van der Waals surface area (Å²) in [6.45, 7) is 1.99. The number of hydrogen-bond donors (Lipinski definition) is 1. The SMILES string of the molecule is O=S(=O)(c1ccc(F)cc1F)N1CCN(CC(O)C2CC2)CC1. The molecule has 1 aliphatic carbocycles. The summed E-state index contributed by atoms with van der Waals surface area (Å²) >= 11 is 0. The summed E-state index contributed by atoms with van der Waals surface area (Å²) in [5, 5.41) is 9.95. The Morgan fingerprint density at radius 2 is 1.83 bits per heavy atom. The number of β-amino-alcohol motifs (C(OH)–C–C–N with tert-alkyl or cyclic N) is 1. The topological polar surface area (TPSA) is 60.9 Å². The molecule has 1 N–H and O–H groups in total. The van der Waals surface area contributed by atoms with Gasteiger partial charge in [0, 0.05) is 38.8 Å². The summed E-state index contributed by atoms with van der Waals surface area (Å²) in [6, 6.07) is 2.48. The average Bonchev–Trinajstić information content (AvgIpc) is 3.32. The zero-order valence-corrected chi connectivity index (χ0v) is 13.5. The first-order chi connectivity index (χ1) is 10.9. The van der Waals surface area contributed by atoms with E-state index in [0.717, 1.165) is 25.0 Å². The first-order valence-electron chi connectivity index (χ1n) is 7.73. The van der Waals surface area contributed by atoms with Crippen LogP contribution in [0.4, 0.5) is 8.78 Å². The van der Waals surface area contributed by atoms with Crippen LogP contribution < -0.4 is 0 Å². The molecule has 5 nitrogen and oxygen atoms in total. The van der Waals surface area contributed by atoms with Crippen LogP contribution in [0.1, 0.15) is 12.8 Å². The van der Waals surface area contributed by atoms with E-state index in [-0.39, 0.29) is 19.2 Å². The van der Waals surface area contributed by atoms with E-state index >= 15 is 0 Å². The Hall–Kier alpha value is -1.09. The van der Waals surface area contributed by atoms with Crippen LogP contribution in [0.15, 0.2) is 23.1 Å². The van der Waals surface area contributed by atoms with Gasteiger partial charge in [0.25, 0.3) is 0 Å². The minimum absolute atomic E-state index is 0.233. The Kier molecular flexibility index (Phi) is 4.68. The summed E-state index contributed by atoms with van der Waals surface area (Å²) in [4.78, 5) is 1.53. The van der Waals surface area contributed by atoms with Crippen LogP contribution in [0.25, 0.3) is 0 Å². The Morgan fingerprint density at radius 1 is 1.17 bits per heavy atom. The summed E-state index contributed by atoms with van der Waals surface area (Å²) in [5.41, 5.74) is 0. The number of nitrogens with zero attached hydrogens (tertiary/aromatic N) is 2. The fraction of sp³-hybridized carbons (Fsp3) is 0.600. The van der Waals surface area contributed by atoms with Crippen LogP contribution in [0, 0.1) is 17.6 Å². The number of hydrogen-bond acceptors (Lipinski definition) is 4. The lowest BCUT2D eigenvalue weighted by Crippen LogP contribution is -2.50. The predicted octanol–water partition coefficient (Wildman–Crippen LogP) is 1.04. The molecule has 1 aliphatic heterocycles. The highest BCUT2D eigenvalue weighted by Gasteiger charge is 2.34. The van der Waals surface area contributed by atoms with Gasteiger partial charge in [0.05, 0.1) is 6.10 Å². The van der Waals surface area contributed by atoms with E-state index in [1.165, 1.54) is 4.31 Å². The second-order valence-corrected chi connectivity index (χ2v) is 8.09. The van der Waals surface area contributed by atoms with Crippen LogP contribution in [-0.4, -0.2) is 61.6 Å². The Labute approximate surface area is 134 Å². The number of benzene rings is 1. The van der Waals surface area contributed by atoms with E-state index in [0.29, 0.717) is 31.6 Å². The molecule has 0 bridgehead atoms. The average molecular weight is 346 g/mol. The highest BCUT2D eigenvalue weighted by molar-refractivity contribution is 7.89. The summed E-state index contributed by atoms with van der Waals surface area (Å²) in [7, 11) is -3.96. The van der Waals surface area contributed by atoms with E-state index in [4.69, 9.17) is 0 Å². The van der Waals surface area contributed by atoms with Crippen molar-refractivity contribution in [2.75, 3.05) is 32.7 Å². The van der Waals surface area contributed by atoms with Gasteiger partial charge in [0.2, 0.25) is 10.0 Å². The van der Waals surface area contributed by atoms with Crippen LogP contribution in [0.3, 0.4) is 0 Å². The lowest BCUT2D eigenvalue weighted by atomic mass is 10.2. The fourth-order valence-corrected chi connectivity index (χ4v) is 4.34. The first kappa shape index (κ1) is 16.8. The van der Waals surface area contributed by atoms with Gasteiger partial charge in [-0.25, -0.2) is 17.2 Å². The standard InChI is InChI=1S/C15H20F2N2O3S/c16-12-3-4-15(13(17)9-12)23(21,22)19-7-5-18(6-8-19)10-14(20)11-1-2-11/h3-4,9,11,14,20H,1-2,5-8,10H2. The fourth-order valence-electron chi connectivity index (χ4n) is 2.87. The monoisotopic (exact) mass is 346 g/mol. The van der Waals surface area contributed by atoms with E-state index in [2.05, 4.69) is 0 Å². The normalized spacial score (nSPS) is 22.2. The van der Waals surface area contributed by atoms with Crippen molar-refractivity contribution in [1.82, 2.24) is 9.21 Å². The maximum Gasteiger partial charge on any atom is 0.246 e. The Morgan fingerprint density at radius 3 is 2.39 bits per heavy atom. The molecule has 0 spiro atoms. The molecule has 1 aromatic carbocycles. The summed E-state index contributed by atoms with van der Waals surface area (Å²) < 4.78 is 52.8. The van der Waals surface area contributed by atoms with E-state index < -0.39 is 26.6 Å². The quantitative estimate of drug-likeness (QED) is 0.866. The molecule has 1 saturated carbocycles. The van der Waals surface area contributed by atoms with Crippen molar-refractivity contribution in [3.05, 3.63) is 29.8 Å². The summed E-state index contributed by atoms with van der Waals surface area (Å²) in [5.74, 6) is -1.50. The molecule has 2 fully saturated rings. The van der Waals surface area contributed by atoms with Gasteiger partial charge in [-0.3, -0.25) is 4.90 Å². The maximum atomic E-state index is 13.8. The van der Waals surface area contributed by atoms with Crippen LogP contribution in [-0.2, 0) is 10.0 Å². The third-order valence-electron chi connectivity index (χ3n) is 4.45. The zero-order chi connectivity index (χ0) is 16.6. The number of sulfonamides is 1. The van der Waals surface area contributed by atoms with Gasteiger partial charge in [0.1, 0.15) is 16.5 Å². The van der Waals surface area contributed by atoms with Crippen molar-refractivity contribution in [1.29, 1.82) is 0 Å². The molecular formula is C15H20F2N2O3S. The second kappa shape index (κ2) is 6.43. The molecular weight excluding hydrogens is 326 g/mol. The van der Waals surface area contributed by atoms with Gasteiger partial charge in [0.15, 0.2) is 0 Å². The lowest BCUT2D eigenvalue weighted by Gasteiger charge is -2.35. The molecule has 0 radical (unpaired) electrons. The Balaban J connectivity index is 1.63. The number of piperazine rings is 1. The maximum absolute atomic E-state index is 13.8. The lowest BCUT2D eigenvalue weighted by molar-refractivity contribution is 0.0781. The van der Waals surface area contributed by atoms with Crippen LogP contribution >= 0.6 is 0 Å². The first-order valence-corrected chi connectivity index (χ1v) is 9.17. The van der Waals surface area contributed by atoms with Gasteiger partial charge < -0.3 is 5.11 Å². The van der Waals surface area contributed by atoms with Gasteiger partial charge in [-0.1, -0.05) is 0 Å². The highest BCUT2D eigenvalue weighted by Crippen LogP contribution is 2.33. The molecule has 2 aliphatic rings. The zero-order valence-electron chi connectivity index (χ0n) is 12.7. The molecule has 1 unspecified atom stereocenters. The number of aliphatic hydroxyl groups is 1. The van der Waals surface area contributed by atoms with Crippen molar-refractivity contribution in [3.63, 3.8) is 0 Å². The van der Waals surface area contributed by atoms with Gasteiger partial charge >= 0.3 is 0 Å². The highest BCUT2D eigenvalue weighted by atomic mass is 32.2. The van der Waals surface area contributed by atoms with Crippen LogP contribution in [0.2, 0.25) is 0 Å². The smallest absolute Gasteiger partial charge is 0.246 e. The van der Waals surface area contributed by atoms with Crippen molar-refractivity contribution in [2.24, 2.45) is 5.92 Å². The third-order valence-corrected chi connectivity index (χ3v) is 6.39. The van der Waals surface area contributed by atoms with Crippen molar-refractivity contribution in [3.8, 4) is 0 Å². The largest absolute Gasteiger partial charge is 0.392 e. The molecule has 1 atom stereocenters. The van der Waals surface area contributed by atoms with Crippen molar-refractivity contribution >= 4 is 10.0 Å². The molecule has 1 heterocycles. The molecule has 1 aromatic rings. The molecule has 1 saturated heterocycles. The third kappa shape index (κ3) is 3.71. The van der Waals surface area contributed by atoms with E-state index in [1.54, 1.807) is 0 Å². The molecule has 8 heteroatoms. The minimum Gasteiger partial charge on any atom is -0.392 e. The van der Waals surface area contributed by atoms with Crippen LogP contribution in [0.5, 0.6) is 0 Å². The predicted molar refractivity (Wildman–Crippen MR) is 80.3 cm³/mol. The number of halogens is 2. The molecule has 3 rings (SSSR count). The number of aliphatic hydroxyl groups excluding tert-OH is 1. The van der Waals surface area contributed by atoms with Crippen molar-refractivity contribution < 1.29 is 22.3 Å². The van der Waals surface area contributed by atoms with E-state index in [9.17, 15) is 22.3 Å². The summed E-state index contributed by atoms with van der Waals surface area (Å²) in [6.07, 6.45) is 1.76. The van der Waals surface area contributed by atoms with Gasteiger partial charge in [-0.2, -0.15) is 4.31 Å². The molecule has 128 valence electrons. The minimum atomic E-state index is -3.96. The number of rotatable bonds is 5. The van der Waals surface area contributed by atoms with Crippen molar-refractivity contribution in [2.45, 2.75) is 23.8 Å². The molecule has 0 amide bonds.